The Kier molecular flexibility index (Phi) is 6.37. The SMILES string of the molecule is CS(=O)(=O)O.FC=C(F)F. The van der Waals surface area contributed by atoms with Crippen molar-refractivity contribution in [2.75, 3.05) is 6.26 Å². The minimum Gasteiger partial charge on any atom is -0.286 e. The predicted molar refractivity (Wildman–Crippen MR) is 28.9 cm³/mol. The number of hydrogen-bond acceptors (Lipinski definition) is 2. The Morgan fingerprint density at radius 3 is 1.60 bits per heavy atom. The molecule has 0 amide bonds. The highest BCUT2D eigenvalue weighted by Gasteiger charge is 1.81. The summed E-state index contributed by atoms with van der Waals surface area (Å²) in [6.07, 6.45) is -2.32. The summed E-state index contributed by atoms with van der Waals surface area (Å²) in [7, 11) is -3.67. The van der Waals surface area contributed by atoms with E-state index in [0.29, 0.717) is 6.26 Å². The van der Waals surface area contributed by atoms with Gasteiger partial charge in [0.2, 0.25) is 0 Å². The zero-order chi connectivity index (χ0) is 8.78. The van der Waals surface area contributed by atoms with Crippen LogP contribution in [0.3, 0.4) is 0 Å². The van der Waals surface area contributed by atoms with E-state index in [-0.39, 0.29) is 0 Å². The molecule has 0 unspecified atom stereocenters. The van der Waals surface area contributed by atoms with Crippen molar-refractivity contribution in [1.82, 2.24) is 0 Å². The minimum absolute atomic E-state index is 0.715. The lowest BCUT2D eigenvalue weighted by Crippen LogP contribution is -1.88. The second kappa shape index (κ2) is 5.24. The van der Waals surface area contributed by atoms with E-state index < -0.39 is 22.5 Å². The highest BCUT2D eigenvalue weighted by atomic mass is 32.2. The van der Waals surface area contributed by atoms with E-state index in [9.17, 15) is 21.6 Å². The van der Waals surface area contributed by atoms with Crippen molar-refractivity contribution in [2.45, 2.75) is 0 Å². The first-order valence-electron chi connectivity index (χ1n) is 1.81. The largest absolute Gasteiger partial charge is 0.298 e. The van der Waals surface area contributed by atoms with Crippen molar-refractivity contribution in [2.24, 2.45) is 0 Å². The molecule has 0 bridgehead atoms. The van der Waals surface area contributed by atoms with Crippen molar-refractivity contribution in [3.8, 4) is 0 Å². The van der Waals surface area contributed by atoms with Gasteiger partial charge in [-0.15, -0.1) is 0 Å². The maximum Gasteiger partial charge on any atom is 0.298 e. The fourth-order valence-electron chi connectivity index (χ4n) is 0. The fourth-order valence-corrected chi connectivity index (χ4v) is 0. The van der Waals surface area contributed by atoms with Crippen LogP contribution >= 0.6 is 0 Å². The van der Waals surface area contributed by atoms with E-state index in [4.69, 9.17) is 4.55 Å². The molecule has 0 aliphatic rings. The Hall–Kier alpha value is -0.560. The second-order valence-electron chi connectivity index (χ2n) is 1.13. The van der Waals surface area contributed by atoms with Crippen LogP contribution in [0.2, 0.25) is 0 Å². The van der Waals surface area contributed by atoms with Gasteiger partial charge in [0.1, 0.15) is 0 Å². The monoisotopic (exact) mass is 178 g/mol. The van der Waals surface area contributed by atoms with Gasteiger partial charge in [-0.1, -0.05) is 0 Å². The molecular formula is C3H5F3O3S. The maximum absolute atomic E-state index is 10.2. The molecule has 0 aliphatic carbocycles. The second-order valence-corrected chi connectivity index (χ2v) is 2.60. The minimum atomic E-state index is -3.67. The van der Waals surface area contributed by atoms with Crippen molar-refractivity contribution < 1.29 is 26.1 Å². The van der Waals surface area contributed by atoms with Crippen molar-refractivity contribution in [1.29, 1.82) is 0 Å². The standard InChI is InChI=1S/C2HF3.CH4O3S/c3-1-2(4)5;1-5(2,3)4/h1H;1H3,(H,2,3,4). The Morgan fingerprint density at radius 2 is 1.60 bits per heavy atom. The van der Waals surface area contributed by atoms with Gasteiger partial charge in [0, 0.05) is 0 Å². The van der Waals surface area contributed by atoms with Crippen LogP contribution in [-0.4, -0.2) is 19.2 Å². The van der Waals surface area contributed by atoms with Crippen LogP contribution in [0.4, 0.5) is 13.2 Å². The molecule has 0 atom stereocenters. The average molecular weight is 178 g/mol. The normalized spacial score (nSPS) is 9.30. The molecule has 0 saturated heterocycles. The summed E-state index contributed by atoms with van der Waals surface area (Å²) in [5.41, 5.74) is 0. The van der Waals surface area contributed by atoms with Crippen LogP contribution in [0.25, 0.3) is 0 Å². The molecule has 0 fully saturated rings. The van der Waals surface area contributed by atoms with Gasteiger partial charge in [0.25, 0.3) is 16.2 Å². The van der Waals surface area contributed by atoms with Gasteiger partial charge in [-0.05, 0) is 0 Å². The molecule has 0 rings (SSSR count). The zero-order valence-electron chi connectivity index (χ0n) is 4.88. The molecule has 62 valence electrons. The Labute approximate surface area is 55.9 Å². The van der Waals surface area contributed by atoms with Gasteiger partial charge in [-0.2, -0.15) is 17.2 Å². The van der Waals surface area contributed by atoms with E-state index in [1.54, 1.807) is 0 Å². The van der Waals surface area contributed by atoms with Crippen molar-refractivity contribution in [3.05, 3.63) is 12.4 Å². The molecular weight excluding hydrogens is 173 g/mol. The Balaban J connectivity index is 0. The summed E-state index contributed by atoms with van der Waals surface area (Å²) >= 11 is 0. The summed E-state index contributed by atoms with van der Waals surface area (Å²) in [5, 5.41) is 0. The lowest BCUT2D eigenvalue weighted by molar-refractivity contribution is 0.400. The van der Waals surface area contributed by atoms with Crippen molar-refractivity contribution in [3.63, 3.8) is 0 Å². The summed E-state index contributed by atoms with van der Waals surface area (Å²) in [5.74, 6) is 0. The molecule has 0 radical (unpaired) electrons. The van der Waals surface area contributed by atoms with E-state index >= 15 is 0 Å². The molecule has 0 aliphatic heterocycles. The third-order valence-corrected chi connectivity index (χ3v) is 0.0825. The Morgan fingerprint density at radius 1 is 1.50 bits per heavy atom. The smallest absolute Gasteiger partial charge is 0.286 e. The van der Waals surface area contributed by atoms with E-state index in [2.05, 4.69) is 0 Å². The number of halogens is 3. The van der Waals surface area contributed by atoms with Crippen LogP contribution in [0.5, 0.6) is 0 Å². The average Bonchev–Trinajstić information content (AvgIpc) is 1.61. The molecule has 3 nitrogen and oxygen atoms in total. The van der Waals surface area contributed by atoms with E-state index in [0.717, 1.165) is 0 Å². The Bertz CT molecular complexity index is 183. The molecule has 0 spiro atoms. The predicted octanol–water partition coefficient (Wildman–Crippen LogP) is 1.20. The lowest BCUT2D eigenvalue weighted by atomic mass is 11.1. The number of hydrogen-bond donors (Lipinski definition) is 1. The maximum atomic E-state index is 10.2. The van der Waals surface area contributed by atoms with Crippen LogP contribution in [0, 0.1) is 0 Å². The first-order valence-corrected chi connectivity index (χ1v) is 3.66. The van der Waals surface area contributed by atoms with Crippen LogP contribution in [0.15, 0.2) is 12.4 Å². The summed E-state index contributed by atoms with van der Waals surface area (Å²) in [6, 6.07) is 0. The fraction of sp³-hybridized carbons (Fsp3) is 0.333. The van der Waals surface area contributed by atoms with Gasteiger partial charge in [-0.25, -0.2) is 4.39 Å². The van der Waals surface area contributed by atoms with Gasteiger partial charge in [0.05, 0.1) is 6.26 Å². The third-order valence-electron chi connectivity index (χ3n) is 0.0825. The molecule has 0 saturated carbocycles. The first kappa shape index (κ1) is 12.1. The van der Waals surface area contributed by atoms with Crippen LogP contribution in [-0.2, 0) is 10.1 Å². The highest BCUT2D eigenvalue weighted by molar-refractivity contribution is 7.85. The third kappa shape index (κ3) is 149. The summed E-state index contributed by atoms with van der Waals surface area (Å²) in [6.45, 7) is 0. The quantitative estimate of drug-likeness (QED) is 0.567. The highest BCUT2D eigenvalue weighted by Crippen LogP contribution is 1.93. The molecule has 0 aromatic carbocycles. The molecule has 1 N–H and O–H groups in total. The topological polar surface area (TPSA) is 54.4 Å². The van der Waals surface area contributed by atoms with E-state index in [1.807, 2.05) is 0 Å². The van der Waals surface area contributed by atoms with Gasteiger partial charge >= 0.3 is 0 Å². The lowest BCUT2D eigenvalue weighted by Gasteiger charge is -1.69. The van der Waals surface area contributed by atoms with Crippen molar-refractivity contribution >= 4 is 10.1 Å². The van der Waals surface area contributed by atoms with Gasteiger partial charge in [-0.3, -0.25) is 4.55 Å². The summed E-state index contributed by atoms with van der Waals surface area (Å²) in [4.78, 5) is 0. The molecule has 7 heteroatoms. The van der Waals surface area contributed by atoms with E-state index in [1.165, 1.54) is 0 Å². The van der Waals surface area contributed by atoms with Gasteiger partial charge < -0.3 is 0 Å². The van der Waals surface area contributed by atoms with Crippen LogP contribution in [0.1, 0.15) is 0 Å². The molecule has 0 aromatic heterocycles. The zero-order valence-corrected chi connectivity index (χ0v) is 5.70. The molecule has 0 heterocycles. The number of rotatable bonds is 0. The van der Waals surface area contributed by atoms with Gasteiger partial charge in [0.15, 0.2) is 6.33 Å². The molecule has 0 aromatic rings. The molecule has 10 heavy (non-hydrogen) atoms. The first-order chi connectivity index (χ1) is 4.27. The summed E-state index contributed by atoms with van der Waals surface area (Å²) < 4.78 is 56.6. The van der Waals surface area contributed by atoms with Crippen LogP contribution < -0.4 is 0 Å².